The van der Waals surface area contributed by atoms with Gasteiger partial charge >= 0.3 is 0 Å². The van der Waals surface area contributed by atoms with Crippen molar-refractivity contribution in [3.05, 3.63) is 60.1 Å². The molecule has 0 radical (unpaired) electrons. The minimum Gasteiger partial charge on any atom is -0.497 e. The Morgan fingerprint density at radius 3 is 2.70 bits per heavy atom. The molecule has 0 saturated carbocycles. The Labute approximate surface area is 158 Å². The van der Waals surface area contributed by atoms with Crippen molar-refractivity contribution in [2.24, 2.45) is 0 Å². The smallest absolute Gasteiger partial charge is 0.195 e. The van der Waals surface area contributed by atoms with Gasteiger partial charge in [0.25, 0.3) is 0 Å². The largest absolute Gasteiger partial charge is 0.497 e. The van der Waals surface area contributed by atoms with Gasteiger partial charge in [-0.25, -0.2) is 9.97 Å². The summed E-state index contributed by atoms with van der Waals surface area (Å²) >= 11 is 0. The third-order valence-electron chi connectivity index (χ3n) is 5.00. The fourth-order valence-corrected chi connectivity index (χ4v) is 3.62. The van der Waals surface area contributed by atoms with E-state index in [4.69, 9.17) is 13.9 Å². The molecule has 3 aromatic rings. The average Bonchev–Trinajstić information content (AvgIpc) is 3.40. The second kappa shape index (κ2) is 7.80. The normalized spacial score (nSPS) is 17.2. The van der Waals surface area contributed by atoms with Gasteiger partial charge in [0, 0.05) is 42.5 Å². The van der Waals surface area contributed by atoms with Crippen LogP contribution >= 0.6 is 0 Å². The molecule has 1 fully saturated rings. The van der Waals surface area contributed by atoms with Crippen molar-refractivity contribution in [3.63, 3.8) is 0 Å². The third-order valence-corrected chi connectivity index (χ3v) is 5.00. The van der Waals surface area contributed by atoms with Crippen LogP contribution in [-0.4, -0.2) is 42.2 Å². The van der Waals surface area contributed by atoms with Crippen molar-refractivity contribution >= 4 is 0 Å². The summed E-state index contributed by atoms with van der Waals surface area (Å²) in [5.74, 6) is 3.52. The van der Waals surface area contributed by atoms with E-state index in [1.54, 1.807) is 20.5 Å². The Hall–Kier alpha value is -2.86. The average molecular weight is 365 g/mol. The Morgan fingerprint density at radius 2 is 2.00 bits per heavy atom. The highest BCUT2D eigenvalue weighted by atomic mass is 16.5. The van der Waals surface area contributed by atoms with Gasteiger partial charge in [-0.3, -0.25) is 4.90 Å². The molecule has 140 valence electrons. The third kappa shape index (κ3) is 3.80. The van der Waals surface area contributed by atoms with E-state index in [0.717, 1.165) is 43.1 Å². The summed E-state index contributed by atoms with van der Waals surface area (Å²) in [6, 6.07) is 9.71. The molecule has 6 nitrogen and oxygen atoms in total. The number of furan rings is 1. The quantitative estimate of drug-likeness (QED) is 0.663. The lowest BCUT2D eigenvalue weighted by atomic mass is 9.97. The molecule has 2 aromatic heterocycles. The Balaban J connectivity index is 1.43. The maximum Gasteiger partial charge on any atom is 0.195 e. The molecule has 3 heterocycles. The molecular weight excluding hydrogens is 342 g/mol. The molecule has 27 heavy (non-hydrogen) atoms. The molecule has 1 aliphatic heterocycles. The Kier molecular flexibility index (Phi) is 5.07. The van der Waals surface area contributed by atoms with Gasteiger partial charge in [0.1, 0.15) is 11.5 Å². The van der Waals surface area contributed by atoms with Crippen LogP contribution in [0.2, 0.25) is 0 Å². The summed E-state index contributed by atoms with van der Waals surface area (Å²) in [7, 11) is 3.41. The van der Waals surface area contributed by atoms with Crippen LogP contribution in [0.1, 0.15) is 23.5 Å². The first-order valence-electron chi connectivity index (χ1n) is 9.06. The fraction of sp³-hybridized carbons (Fsp3) is 0.333. The molecule has 1 atom stereocenters. The number of rotatable bonds is 6. The first kappa shape index (κ1) is 17.5. The van der Waals surface area contributed by atoms with Gasteiger partial charge in [-0.15, -0.1) is 0 Å². The molecule has 6 heteroatoms. The molecule has 0 aliphatic carbocycles. The van der Waals surface area contributed by atoms with Gasteiger partial charge in [-0.1, -0.05) is 0 Å². The van der Waals surface area contributed by atoms with Gasteiger partial charge < -0.3 is 13.9 Å². The molecule has 0 unspecified atom stereocenters. The molecule has 4 rings (SSSR count). The second-order valence-corrected chi connectivity index (χ2v) is 6.72. The zero-order valence-corrected chi connectivity index (χ0v) is 15.6. The zero-order valence-electron chi connectivity index (χ0n) is 15.6. The van der Waals surface area contributed by atoms with E-state index in [1.807, 2.05) is 36.7 Å². The van der Waals surface area contributed by atoms with Crippen LogP contribution in [0.15, 0.2) is 53.4 Å². The van der Waals surface area contributed by atoms with Crippen molar-refractivity contribution in [1.82, 2.24) is 14.9 Å². The number of methoxy groups -OCH3 is 2. The number of hydrogen-bond acceptors (Lipinski definition) is 6. The predicted molar refractivity (Wildman–Crippen MR) is 102 cm³/mol. The van der Waals surface area contributed by atoms with E-state index in [1.165, 1.54) is 5.56 Å². The number of ether oxygens (including phenoxy) is 2. The molecule has 1 aromatic carbocycles. The summed E-state index contributed by atoms with van der Waals surface area (Å²) < 4.78 is 16.3. The van der Waals surface area contributed by atoms with Crippen LogP contribution in [0.4, 0.5) is 0 Å². The first-order valence-corrected chi connectivity index (χ1v) is 9.06. The number of hydrogen-bond donors (Lipinski definition) is 0. The standard InChI is InChI=1S/C21H23N3O3/c1-25-17-5-6-19(26-2)18(10-17)16-7-8-24(14-16)13-15-11-22-21(23-12-15)20-4-3-9-27-20/h3-6,9-12,16H,7-8,13-14H2,1-2H3/t16-/m1/s1. The lowest BCUT2D eigenvalue weighted by molar-refractivity contribution is 0.324. The van der Waals surface area contributed by atoms with Gasteiger partial charge in [0.15, 0.2) is 11.6 Å². The minimum atomic E-state index is 0.429. The van der Waals surface area contributed by atoms with E-state index in [-0.39, 0.29) is 0 Å². The van der Waals surface area contributed by atoms with E-state index in [0.29, 0.717) is 17.5 Å². The monoisotopic (exact) mass is 365 g/mol. The number of nitrogens with zero attached hydrogens (tertiary/aromatic N) is 3. The zero-order chi connectivity index (χ0) is 18.6. The topological polar surface area (TPSA) is 60.6 Å². The molecule has 0 N–H and O–H groups in total. The first-order chi connectivity index (χ1) is 13.3. The number of likely N-dealkylation sites (tertiary alicyclic amines) is 1. The molecule has 0 spiro atoms. The van der Waals surface area contributed by atoms with Crippen LogP contribution in [0.5, 0.6) is 11.5 Å². The van der Waals surface area contributed by atoms with Gasteiger partial charge in [0.05, 0.1) is 20.5 Å². The molecule has 0 amide bonds. The lowest BCUT2D eigenvalue weighted by Crippen LogP contribution is -2.20. The predicted octanol–water partition coefficient (Wildman–Crippen LogP) is 3.74. The van der Waals surface area contributed by atoms with Crippen LogP contribution in [0.3, 0.4) is 0 Å². The van der Waals surface area contributed by atoms with Crippen molar-refractivity contribution < 1.29 is 13.9 Å². The second-order valence-electron chi connectivity index (χ2n) is 6.72. The number of benzene rings is 1. The molecular formula is C21H23N3O3. The highest BCUT2D eigenvalue weighted by Gasteiger charge is 2.26. The van der Waals surface area contributed by atoms with Crippen LogP contribution in [0.25, 0.3) is 11.6 Å². The van der Waals surface area contributed by atoms with E-state index in [2.05, 4.69) is 20.9 Å². The van der Waals surface area contributed by atoms with Gasteiger partial charge in [0.2, 0.25) is 0 Å². The Morgan fingerprint density at radius 1 is 1.15 bits per heavy atom. The molecule has 0 bridgehead atoms. The van der Waals surface area contributed by atoms with Crippen molar-refractivity contribution in [1.29, 1.82) is 0 Å². The van der Waals surface area contributed by atoms with Gasteiger partial charge in [-0.2, -0.15) is 0 Å². The maximum absolute atomic E-state index is 5.56. The molecule has 1 aliphatic rings. The minimum absolute atomic E-state index is 0.429. The summed E-state index contributed by atoms with van der Waals surface area (Å²) in [6.45, 7) is 2.84. The summed E-state index contributed by atoms with van der Waals surface area (Å²) in [4.78, 5) is 11.3. The highest BCUT2D eigenvalue weighted by Crippen LogP contribution is 2.36. The SMILES string of the molecule is COc1ccc(OC)c([C@@H]2CCN(Cc3cnc(-c4ccco4)nc3)C2)c1. The van der Waals surface area contributed by atoms with E-state index < -0.39 is 0 Å². The van der Waals surface area contributed by atoms with E-state index in [9.17, 15) is 0 Å². The number of aromatic nitrogens is 2. The summed E-state index contributed by atoms with van der Waals surface area (Å²) in [5, 5.41) is 0. The van der Waals surface area contributed by atoms with Crippen molar-refractivity contribution in [2.75, 3.05) is 27.3 Å². The molecule has 1 saturated heterocycles. The van der Waals surface area contributed by atoms with Crippen molar-refractivity contribution in [3.8, 4) is 23.1 Å². The van der Waals surface area contributed by atoms with Crippen LogP contribution in [-0.2, 0) is 6.54 Å². The fourth-order valence-electron chi connectivity index (χ4n) is 3.62. The van der Waals surface area contributed by atoms with Crippen molar-refractivity contribution in [2.45, 2.75) is 18.9 Å². The maximum atomic E-state index is 5.56. The summed E-state index contributed by atoms with van der Waals surface area (Å²) in [5.41, 5.74) is 2.31. The summed E-state index contributed by atoms with van der Waals surface area (Å²) in [6.07, 6.45) is 6.48. The highest BCUT2D eigenvalue weighted by molar-refractivity contribution is 5.45. The van der Waals surface area contributed by atoms with Gasteiger partial charge in [-0.05, 0) is 43.3 Å². The lowest BCUT2D eigenvalue weighted by Gasteiger charge is -2.18. The van der Waals surface area contributed by atoms with E-state index >= 15 is 0 Å². The van der Waals surface area contributed by atoms with Crippen LogP contribution in [0, 0.1) is 0 Å². The van der Waals surface area contributed by atoms with Crippen LogP contribution < -0.4 is 9.47 Å². The Bertz CT molecular complexity index is 878.